The lowest BCUT2D eigenvalue weighted by Gasteiger charge is -2.28. The first-order valence-electron chi connectivity index (χ1n) is 7.18. The van der Waals surface area contributed by atoms with Gasteiger partial charge in [-0.2, -0.15) is 0 Å². The van der Waals surface area contributed by atoms with Gasteiger partial charge in [0.1, 0.15) is 17.0 Å². The fourth-order valence-corrected chi connectivity index (χ4v) is 3.33. The molecule has 3 aromatic rings. The number of rotatable bonds is 2. The first-order chi connectivity index (χ1) is 11.6. The van der Waals surface area contributed by atoms with Crippen LogP contribution in [0.1, 0.15) is 9.80 Å². The van der Waals surface area contributed by atoms with Crippen LogP contribution in [0, 0.1) is 0 Å². The summed E-state index contributed by atoms with van der Waals surface area (Å²) in [5, 5.41) is 3.15. The molecule has 2 amide bonds. The molecule has 1 aromatic carbocycles. The predicted molar refractivity (Wildman–Crippen MR) is 90.7 cm³/mol. The Morgan fingerprint density at radius 3 is 3.08 bits per heavy atom. The van der Waals surface area contributed by atoms with E-state index in [0.717, 1.165) is 4.70 Å². The van der Waals surface area contributed by atoms with Gasteiger partial charge in [0.25, 0.3) is 11.8 Å². The minimum absolute atomic E-state index is 0.00817. The zero-order chi connectivity index (χ0) is 16.7. The average molecular weight is 340 g/mol. The number of nitrogens with one attached hydrogen (secondary N) is 1. The predicted octanol–water partition coefficient (Wildman–Crippen LogP) is 2.30. The number of hydrogen-bond donors (Lipinski definition) is 1. The van der Waals surface area contributed by atoms with E-state index in [1.807, 2.05) is 6.07 Å². The second kappa shape index (κ2) is 5.57. The van der Waals surface area contributed by atoms with Crippen LogP contribution in [0.15, 0.2) is 36.7 Å². The second-order valence-corrected chi connectivity index (χ2v) is 6.24. The van der Waals surface area contributed by atoms with Crippen LogP contribution in [0.4, 0.5) is 11.4 Å². The van der Waals surface area contributed by atoms with E-state index in [-0.39, 0.29) is 18.4 Å². The van der Waals surface area contributed by atoms with E-state index in [4.69, 9.17) is 4.74 Å². The number of thiazole rings is 1. The summed E-state index contributed by atoms with van der Waals surface area (Å²) in [7, 11) is 1.66. The normalized spacial score (nSPS) is 13.5. The van der Waals surface area contributed by atoms with Gasteiger partial charge in [-0.3, -0.25) is 14.6 Å². The first-order valence-corrected chi connectivity index (χ1v) is 7.99. The minimum atomic E-state index is -0.337. The lowest BCUT2D eigenvalue weighted by atomic mass is 10.2. The zero-order valence-corrected chi connectivity index (χ0v) is 13.5. The van der Waals surface area contributed by atoms with Gasteiger partial charge in [0.2, 0.25) is 0 Å². The number of pyridine rings is 1. The van der Waals surface area contributed by atoms with E-state index < -0.39 is 0 Å². The maximum absolute atomic E-state index is 12.5. The monoisotopic (exact) mass is 340 g/mol. The van der Waals surface area contributed by atoms with E-state index >= 15 is 0 Å². The van der Waals surface area contributed by atoms with Gasteiger partial charge >= 0.3 is 0 Å². The summed E-state index contributed by atoms with van der Waals surface area (Å²) < 4.78 is 6.31. The zero-order valence-electron chi connectivity index (χ0n) is 12.6. The third-order valence-electron chi connectivity index (χ3n) is 3.69. The Balaban J connectivity index is 1.68. The third kappa shape index (κ3) is 2.37. The number of carbonyl (C=O) groups is 2. The molecule has 0 saturated heterocycles. The standard InChI is InChI=1S/C16H12N4O3S/c1-20-13(21)8-23-11-4-2-3-9(14(11)20)18-15(22)16-19-10-7-17-6-5-12(10)24-16/h2-7H,8H2,1H3,(H,18,22). The van der Waals surface area contributed by atoms with Crippen molar-refractivity contribution in [2.24, 2.45) is 0 Å². The molecule has 0 saturated carbocycles. The van der Waals surface area contributed by atoms with Crippen molar-refractivity contribution in [3.63, 3.8) is 0 Å². The topological polar surface area (TPSA) is 84.4 Å². The molecule has 0 radical (unpaired) electrons. The number of likely N-dealkylation sites (N-methyl/N-ethyl adjacent to an activating group) is 1. The van der Waals surface area contributed by atoms with Crippen LogP contribution in [0.2, 0.25) is 0 Å². The van der Waals surface area contributed by atoms with Crippen molar-refractivity contribution < 1.29 is 14.3 Å². The Morgan fingerprint density at radius 1 is 1.38 bits per heavy atom. The molecule has 24 heavy (non-hydrogen) atoms. The molecular weight excluding hydrogens is 328 g/mol. The number of aromatic nitrogens is 2. The maximum atomic E-state index is 12.5. The summed E-state index contributed by atoms with van der Waals surface area (Å²) >= 11 is 1.29. The van der Waals surface area contributed by atoms with Gasteiger partial charge in [-0.15, -0.1) is 11.3 Å². The van der Waals surface area contributed by atoms with Crippen LogP contribution >= 0.6 is 11.3 Å². The van der Waals surface area contributed by atoms with Crippen LogP contribution in [0.3, 0.4) is 0 Å². The average Bonchev–Trinajstić information content (AvgIpc) is 3.02. The van der Waals surface area contributed by atoms with E-state index in [2.05, 4.69) is 15.3 Å². The van der Waals surface area contributed by atoms with E-state index in [9.17, 15) is 9.59 Å². The van der Waals surface area contributed by atoms with Crippen LogP contribution < -0.4 is 15.0 Å². The molecular formula is C16H12N4O3S. The molecule has 2 aromatic heterocycles. The van der Waals surface area contributed by atoms with Crippen LogP contribution in [0.25, 0.3) is 10.2 Å². The molecule has 0 fully saturated rings. The van der Waals surface area contributed by atoms with Gasteiger partial charge in [0, 0.05) is 13.2 Å². The maximum Gasteiger partial charge on any atom is 0.284 e. The molecule has 120 valence electrons. The molecule has 3 heterocycles. The van der Waals surface area contributed by atoms with E-state index in [1.165, 1.54) is 16.2 Å². The summed E-state index contributed by atoms with van der Waals surface area (Å²) in [5.41, 5.74) is 1.73. The number of fused-ring (bicyclic) bond motifs is 2. The van der Waals surface area contributed by atoms with Crippen molar-refractivity contribution in [3.8, 4) is 5.75 Å². The molecule has 0 bridgehead atoms. The SMILES string of the molecule is CN1C(=O)COc2cccc(NC(=O)c3nc4cnccc4s3)c21. The molecule has 1 aliphatic heterocycles. The van der Waals surface area contributed by atoms with Crippen molar-refractivity contribution in [1.29, 1.82) is 0 Å². The number of amides is 2. The molecule has 1 aliphatic rings. The van der Waals surface area contributed by atoms with Gasteiger partial charge < -0.3 is 15.0 Å². The number of hydrogen-bond acceptors (Lipinski definition) is 6. The van der Waals surface area contributed by atoms with Gasteiger partial charge in [-0.05, 0) is 18.2 Å². The molecule has 0 atom stereocenters. The van der Waals surface area contributed by atoms with Gasteiger partial charge in [0.05, 0.1) is 16.6 Å². The number of anilines is 2. The second-order valence-electron chi connectivity index (χ2n) is 5.21. The van der Waals surface area contributed by atoms with Gasteiger partial charge in [-0.25, -0.2) is 4.98 Å². The van der Waals surface area contributed by atoms with E-state index in [0.29, 0.717) is 27.6 Å². The van der Waals surface area contributed by atoms with Gasteiger partial charge in [-0.1, -0.05) is 6.07 Å². The lowest BCUT2D eigenvalue weighted by Crippen LogP contribution is -2.36. The fraction of sp³-hybridized carbons (Fsp3) is 0.125. The minimum Gasteiger partial charge on any atom is -0.481 e. The molecule has 0 aliphatic carbocycles. The fourth-order valence-electron chi connectivity index (χ4n) is 2.50. The smallest absolute Gasteiger partial charge is 0.284 e. The third-order valence-corrected chi connectivity index (χ3v) is 4.73. The number of nitrogens with zero attached hydrogens (tertiary/aromatic N) is 3. The highest BCUT2D eigenvalue weighted by molar-refractivity contribution is 7.20. The molecule has 0 spiro atoms. The Bertz CT molecular complexity index is 936. The Morgan fingerprint density at radius 2 is 2.25 bits per heavy atom. The van der Waals surface area contributed by atoms with Crippen LogP contribution in [-0.4, -0.2) is 35.4 Å². The molecule has 0 unspecified atom stereocenters. The Kier molecular flexibility index (Phi) is 3.39. The largest absolute Gasteiger partial charge is 0.481 e. The van der Waals surface area contributed by atoms with Crippen LogP contribution in [0.5, 0.6) is 5.75 Å². The van der Waals surface area contributed by atoms with Gasteiger partial charge in [0.15, 0.2) is 11.6 Å². The Hall–Kier alpha value is -3.00. The first kappa shape index (κ1) is 14.6. The number of para-hydroxylation sites is 1. The van der Waals surface area contributed by atoms with Crippen molar-refractivity contribution in [2.45, 2.75) is 0 Å². The number of benzene rings is 1. The quantitative estimate of drug-likeness (QED) is 0.774. The molecule has 1 N–H and O–H groups in total. The van der Waals surface area contributed by atoms with Crippen molar-refractivity contribution in [2.75, 3.05) is 23.9 Å². The lowest BCUT2D eigenvalue weighted by molar-refractivity contribution is -0.120. The highest BCUT2D eigenvalue weighted by Gasteiger charge is 2.26. The van der Waals surface area contributed by atoms with Crippen molar-refractivity contribution in [3.05, 3.63) is 41.7 Å². The van der Waals surface area contributed by atoms with E-state index in [1.54, 1.807) is 37.6 Å². The molecule has 4 rings (SSSR count). The number of ether oxygens (including phenoxy) is 1. The summed E-state index contributed by atoms with van der Waals surface area (Å²) in [6.45, 7) is -0.00817. The highest BCUT2D eigenvalue weighted by Crippen LogP contribution is 2.38. The number of carbonyl (C=O) groups excluding carboxylic acids is 2. The van der Waals surface area contributed by atoms with Crippen LogP contribution in [-0.2, 0) is 4.79 Å². The molecule has 7 nitrogen and oxygen atoms in total. The molecule has 8 heteroatoms. The van der Waals surface area contributed by atoms with Crippen molar-refractivity contribution >= 4 is 44.7 Å². The summed E-state index contributed by atoms with van der Waals surface area (Å²) in [6, 6.07) is 7.07. The summed E-state index contributed by atoms with van der Waals surface area (Å²) in [5.74, 6) is 0.0506. The Labute approximate surface area is 140 Å². The summed E-state index contributed by atoms with van der Waals surface area (Å²) in [4.78, 5) is 34.2. The summed E-state index contributed by atoms with van der Waals surface area (Å²) in [6.07, 6.45) is 3.28. The van der Waals surface area contributed by atoms with Crippen molar-refractivity contribution in [1.82, 2.24) is 9.97 Å². The highest BCUT2D eigenvalue weighted by atomic mass is 32.1.